The van der Waals surface area contributed by atoms with Crippen molar-refractivity contribution in [3.8, 4) is 0 Å². The molecule has 0 spiro atoms. The molecule has 2 rings (SSSR count). The summed E-state index contributed by atoms with van der Waals surface area (Å²) in [6, 6.07) is 14.5. The summed E-state index contributed by atoms with van der Waals surface area (Å²) in [5.41, 5.74) is 1.08. The fourth-order valence-corrected chi connectivity index (χ4v) is 2.38. The third-order valence-electron chi connectivity index (χ3n) is 2.79. The van der Waals surface area contributed by atoms with Crippen LogP contribution < -0.4 is 5.32 Å². The maximum atomic E-state index is 3.96. The van der Waals surface area contributed by atoms with E-state index in [1.54, 1.807) is 6.08 Å². The molecule has 2 aromatic carbocycles. The predicted molar refractivity (Wildman–Crippen MR) is 92.8 cm³/mol. The minimum absolute atomic E-state index is 0.893. The monoisotopic (exact) mass is 279 g/mol. The van der Waals surface area contributed by atoms with Crippen molar-refractivity contribution in [3.05, 3.63) is 90.4 Å². The largest absolute Gasteiger partial charge is 0.361 e. The molecule has 0 heterocycles. The van der Waals surface area contributed by atoms with Gasteiger partial charge in [-0.05, 0) is 17.5 Å². The van der Waals surface area contributed by atoms with Crippen LogP contribution in [0.3, 0.4) is 0 Å². The Morgan fingerprint density at radius 2 is 1.75 bits per heavy atom. The first-order valence-electron chi connectivity index (χ1n) is 6.29. The van der Waals surface area contributed by atoms with Crippen LogP contribution in [-0.4, -0.2) is 0 Å². The second kappa shape index (κ2) is 6.83. The van der Waals surface area contributed by atoms with E-state index in [0.717, 1.165) is 15.5 Å². The van der Waals surface area contributed by atoms with E-state index in [9.17, 15) is 0 Å². The van der Waals surface area contributed by atoms with Gasteiger partial charge in [0.2, 0.25) is 0 Å². The SMILES string of the molecule is C=CC(=C)SC(=C)/C=C\Nc1cccc2ccccc12. The number of hydrogen-bond acceptors (Lipinski definition) is 2. The first-order valence-corrected chi connectivity index (χ1v) is 7.11. The molecule has 0 aliphatic rings. The number of rotatable bonds is 6. The highest BCUT2D eigenvalue weighted by molar-refractivity contribution is 8.07. The van der Waals surface area contributed by atoms with Crippen LogP contribution in [0.4, 0.5) is 5.69 Å². The molecule has 20 heavy (non-hydrogen) atoms. The van der Waals surface area contributed by atoms with Crippen LogP contribution in [0.2, 0.25) is 0 Å². The summed E-state index contributed by atoms with van der Waals surface area (Å²) in [5, 5.41) is 5.72. The molecule has 0 unspecified atom stereocenters. The lowest BCUT2D eigenvalue weighted by atomic mass is 10.1. The summed E-state index contributed by atoms with van der Waals surface area (Å²) in [4.78, 5) is 1.81. The van der Waals surface area contributed by atoms with Gasteiger partial charge in [-0.3, -0.25) is 0 Å². The summed E-state index contributed by atoms with van der Waals surface area (Å²) in [7, 11) is 0. The number of benzene rings is 2. The Morgan fingerprint density at radius 3 is 2.55 bits per heavy atom. The van der Waals surface area contributed by atoms with Crippen molar-refractivity contribution >= 4 is 28.2 Å². The molecule has 100 valence electrons. The van der Waals surface area contributed by atoms with Gasteiger partial charge in [-0.25, -0.2) is 0 Å². The van der Waals surface area contributed by atoms with Crippen molar-refractivity contribution in [2.24, 2.45) is 0 Å². The van der Waals surface area contributed by atoms with Gasteiger partial charge in [-0.15, -0.1) is 0 Å². The first-order chi connectivity index (χ1) is 9.70. The Labute approximate surface area is 124 Å². The molecular formula is C18H17NS. The third-order valence-corrected chi connectivity index (χ3v) is 3.61. The fraction of sp³-hybridized carbons (Fsp3) is 0. The molecule has 0 bridgehead atoms. The van der Waals surface area contributed by atoms with Crippen molar-refractivity contribution in [2.75, 3.05) is 5.32 Å². The highest BCUT2D eigenvalue weighted by Crippen LogP contribution is 2.25. The van der Waals surface area contributed by atoms with Gasteiger partial charge in [0.15, 0.2) is 0 Å². The van der Waals surface area contributed by atoms with Gasteiger partial charge in [0, 0.05) is 27.1 Å². The van der Waals surface area contributed by atoms with Gasteiger partial charge >= 0.3 is 0 Å². The Morgan fingerprint density at radius 1 is 1.00 bits per heavy atom. The second-order valence-corrected chi connectivity index (χ2v) is 5.50. The zero-order valence-electron chi connectivity index (χ0n) is 11.3. The molecule has 0 fully saturated rings. The molecule has 0 amide bonds. The molecule has 0 saturated heterocycles. The maximum Gasteiger partial charge on any atom is 0.0459 e. The zero-order valence-corrected chi connectivity index (χ0v) is 12.1. The molecule has 0 aromatic heterocycles. The average Bonchev–Trinajstić information content (AvgIpc) is 2.47. The Kier molecular flexibility index (Phi) is 4.85. The van der Waals surface area contributed by atoms with Crippen molar-refractivity contribution in [1.29, 1.82) is 0 Å². The van der Waals surface area contributed by atoms with E-state index in [1.807, 2.05) is 30.5 Å². The van der Waals surface area contributed by atoms with Gasteiger partial charge in [0.1, 0.15) is 0 Å². The molecule has 2 aromatic rings. The Bertz CT molecular complexity index is 677. The van der Waals surface area contributed by atoms with Gasteiger partial charge in [-0.1, -0.05) is 74.0 Å². The first kappa shape index (κ1) is 14.2. The van der Waals surface area contributed by atoms with E-state index in [-0.39, 0.29) is 0 Å². The topological polar surface area (TPSA) is 12.0 Å². The minimum Gasteiger partial charge on any atom is -0.361 e. The Balaban J connectivity index is 2.08. The van der Waals surface area contributed by atoms with Crippen LogP contribution in [0.5, 0.6) is 0 Å². The summed E-state index contributed by atoms with van der Waals surface area (Å²) >= 11 is 1.50. The van der Waals surface area contributed by atoms with Crippen LogP contribution in [0.15, 0.2) is 90.4 Å². The van der Waals surface area contributed by atoms with E-state index >= 15 is 0 Å². The van der Waals surface area contributed by atoms with Gasteiger partial charge < -0.3 is 5.32 Å². The number of allylic oxidation sites excluding steroid dienone is 2. The molecule has 0 aliphatic carbocycles. The zero-order chi connectivity index (χ0) is 14.4. The molecule has 2 heteroatoms. The summed E-state index contributed by atoms with van der Waals surface area (Å²) in [6.45, 7) is 11.5. The van der Waals surface area contributed by atoms with Crippen LogP contribution in [0.25, 0.3) is 10.8 Å². The van der Waals surface area contributed by atoms with E-state index < -0.39 is 0 Å². The highest BCUT2D eigenvalue weighted by atomic mass is 32.2. The number of hydrogen-bond donors (Lipinski definition) is 1. The van der Waals surface area contributed by atoms with Crippen molar-refractivity contribution < 1.29 is 0 Å². The smallest absolute Gasteiger partial charge is 0.0459 e. The maximum absolute atomic E-state index is 3.96. The van der Waals surface area contributed by atoms with E-state index in [2.05, 4.69) is 49.3 Å². The lowest BCUT2D eigenvalue weighted by Crippen LogP contribution is -1.88. The van der Waals surface area contributed by atoms with Crippen molar-refractivity contribution in [1.82, 2.24) is 0 Å². The molecular weight excluding hydrogens is 262 g/mol. The summed E-state index contributed by atoms with van der Waals surface area (Å²) in [6.07, 6.45) is 5.55. The molecule has 0 atom stereocenters. The van der Waals surface area contributed by atoms with Crippen molar-refractivity contribution in [2.45, 2.75) is 0 Å². The molecule has 0 saturated carbocycles. The van der Waals surface area contributed by atoms with E-state index in [1.165, 1.54) is 22.5 Å². The van der Waals surface area contributed by atoms with Gasteiger partial charge in [-0.2, -0.15) is 0 Å². The minimum atomic E-state index is 0.893. The van der Waals surface area contributed by atoms with Crippen LogP contribution >= 0.6 is 11.8 Å². The lowest BCUT2D eigenvalue weighted by Gasteiger charge is -2.06. The summed E-state index contributed by atoms with van der Waals surface area (Å²) in [5.74, 6) is 0. The third kappa shape index (κ3) is 3.65. The van der Waals surface area contributed by atoms with Crippen LogP contribution in [-0.2, 0) is 0 Å². The molecule has 1 nitrogen and oxygen atoms in total. The lowest BCUT2D eigenvalue weighted by molar-refractivity contribution is 1.62. The van der Waals surface area contributed by atoms with E-state index in [4.69, 9.17) is 0 Å². The fourth-order valence-electron chi connectivity index (χ4n) is 1.82. The standard InChI is InChI=1S/C18H17NS/c1-4-14(2)20-15(3)12-13-19-18-11-7-9-16-8-5-6-10-17(16)18/h4-13,19H,1-3H2/b13-12-. The molecule has 1 N–H and O–H groups in total. The number of anilines is 1. The number of nitrogens with one attached hydrogen (secondary N) is 1. The van der Waals surface area contributed by atoms with Gasteiger partial charge in [0.25, 0.3) is 0 Å². The number of thioether (sulfide) groups is 1. The number of fused-ring (bicyclic) bond motifs is 1. The van der Waals surface area contributed by atoms with Crippen molar-refractivity contribution in [3.63, 3.8) is 0 Å². The predicted octanol–water partition coefficient (Wildman–Crippen LogP) is 5.71. The van der Waals surface area contributed by atoms with E-state index in [0.29, 0.717) is 0 Å². The quantitative estimate of drug-likeness (QED) is 0.679. The molecule has 0 aliphatic heterocycles. The van der Waals surface area contributed by atoms with Crippen LogP contribution in [0.1, 0.15) is 0 Å². The summed E-state index contributed by atoms with van der Waals surface area (Å²) < 4.78 is 0. The Hall–Kier alpha value is -2.19. The molecule has 0 radical (unpaired) electrons. The highest BCUT2D eigenvalue weighted by Gasteiger charge is 1.97. The van der Waals surface area contributed by atoms with Crippen LogP contribution in [0, 0.1) is 0 Å². The second-order valence-electron chi connectivity index (χ2n) is 4.24. The normalized spacial score (nSPS) is 10.6. The average molecular weight is 279 g/mol. The van der Waals surface area contributed by atoms with Gasteiger partial charge in [0.05, 0.1) is 0 Å².